The molecule has 1 heterocycles. The molecular formula is C20H20N2O2S. The molecule has 0 saturated heterocycles. The number of anilines is 1. The zero-order chi connectivity index (χ0) is 17.8. The van der Waals surface area contributed by atoms with Gasteiger partial charge in [0, 0.05) is 29.0 Å². The normalized spacial score (nSPS) is 10.6. The summed E-state index contributed by atoms with van der Waals surface area (Å²) in [6.45, 7) is 5.23. The van der Waals surface area contributed by atoms with E-state index in [1.807, 2.05) is 44.2 Å². The van der Waals surface area contributed by atoms with E-state index in [1.165, 1.54) is 11.3 Å². The highest BCUT2D eigenvalue weighted by atomic mass is 32.1. The first-order chi connectivity index (χ1) is 12.1. The molecule has 3 aromatic rings. The number of hydrogen-bond acceptors (Lipinski definition) is 3. The molecule has 4 nitrogen and oxygen atoms in total. The van der Waals surface area contributed by atoms with Gasteiger partial charge in [0.15, 0.2) is 0 Å². The number of rotatable bonds is 5. The Kier molecular flexibility index (Phi) is 5.14. The Bertz CT molecular complexity index is 880. The SMILES string of the molecule is CCN(CC)C(=O)c1cccc(NC(=O)c2cc3ccccc3s2)c1. The molecule has 2 amide bonds. The molecule has 1 aromatic heterocycles. The van der Waals surface area contributed by atoms with Gasteiger partial charge in [-0.2, -0.15) is 0 Å². The first-order valence-corrected chi connectivity index (χ1v) is 9.13. The first-order valence-electron chi connectivity index (χ1n) is 8.31. The molecule has 0 bridgehead atoms. The first kappa shape index (κ1) is 17.2. The summed E-state index contributed by atoms with van der Waals surface area (Å²) in [6, 6.07) is 16.9. The number of hydrogen-bond donors (Lipinski definition) is 1. The van der Waals surface area contributed by atoms with E-state index in [-0.39, 0.29) is 11.8 Å². The Balaban J connectivity index is 1.79. The minimum absolute atomic E-state index is 0.0250. The summed E-state index contributed by atoms with van der Waals surface area (Å²) in [6.07, 6.45) is 0. The Hall–Kier alpha value is -2.66. The van der Waals surface area contributed by atoms with Crippen LogP contribution in [-0.2, 0) is 0 Å². The molecule has 0 aliphatic heterocycles. The van der Waals surface area contributed by atoms with Crippen LogP contribution in [-0.4, -0.2) is 29.8 Å². The number of thiophene rings is 1. The van der Waals surface area contributed by atoms with Gasteiger partial charge < -0.3 is 10.2 Å². The zero-order valence-corrected chi connectivity index (χ0v) is 15.1. The second-order valence-corrected chi connectivity index (χ2v) is 6.74. The van der Waals surface area contributed by atoms with Crippen LogP contribution in [0.1, 0.15) is 33.9 Å². The summed E-state index contributed by atoms with van der Waals surface area (Å²) in [5.41, 5.74) is 1.21. The van der Waals surface area contributed by atoms with Crippen LogP contribution in [0, 0.1) is 0 Å². The monoisotopic (exact) mass is 352 g/mol. The summed E-state index contributed by atoms with van der Waals surface area (Å²) < 4.78 is 1.08. The third-order valence-corrected chi connectivity index (χ3v) is 5.18. The largest absolute Gasteiger partial charge is 0.339 e. The molecule has 0 aliphatic rings. The zero-order valence-electron chi connectivity index (χ0n) is 14.3. The summed E-state index contributed by atoms with van der Waals surface area (Å²) in [4.78, 5) is 27.4. The van der Waals surface area contributed by atoms with Gasteiger partial charge in [-0.3, -0.25) is 9.59 Å². The number of carbonyl (C=O) groups excluding carboxylic acids is 2. The van der Waals surface area contributed by atoms with Crippen molar-refractivity contribution in [2.45, 2.75) is 13.8 Å². The maximum atomic E-state index is 12.5. The molecule has 0 aliphatic carbocycles. The lowest BCUT2D eigenvalue weighted by Gasteiger charge is -2.18. The molecule has 0 radical (unpaired) electrons. The molecule has 128 valence electrons. The molecule has 0 spiro atoms. The van der Waals surface area contributed by atoms with Gasteiger partial charge in [-0.25, -0.2) is 0 Å². The molecule has 5 heteroatoms. The standard InChI is InChI=1S/C20H20N2O2S/c1-3-22(4-2)20(24)15-9-7-10-16(12-15)21-19(23)18-13-14-8-5-6-11-17(14)25-18/h5-13H,3-4H2,1-2H3,(H,21,23). The number of benzene rings is 2. The fourth-order valence-corrected chi connectivity index (χ4v) is 3.67. The van der Waals surface area contributed by atoms with Crippen LogP contribution in [0.5, 0.6) is 0 Å². The average molecular weight is 352 g/mol. The van der Waals surface area contributed by atoms with Crippen molar-refractivity contribution in [1.29, 1.82) is 0 Å². The number of amides is 2. The van der Waals surface area contributed by atoms with Gasteiger partial charge in [0.05, 0.1) is 4.88 Å². The Morgan fingerprint density at radius 2 is 1.76 bits per heavy atom. The van der Waals surface area contributed by atoms with E-state index in [4.69, 9.17) is 0 Å². The van der Waals surface area contributed by atoms with Crippen molar-refractivity contribution in [2.75, 3.05) is 18.4 Å². The average Bonchev–Trinajstić information content (AvgIpc) is 3.07. The predicted molar refractivity (Wildman–Crippen MR) is 103 cm³/mol. The number of carbonyl (C=O) groups is 2. The van der Waals surface area contributed by atoms with E-state index >= 15 is 0 Å². The van der Waals surface area contributed by atoms with Gasteiger partial charge in [-0.1, -0.05) is 24.3 Å². The predicted octanol–water partition coefficient (Wildman–Crippen LogP) is 4.64. The second-order valence-electron chi connectivity index (χ2n) is 5.66. The summed E-state index contributed by atoms with van der Waals surface area (Å²) in [7, 11) is 0. The van der Waals surface area contributed by atoms with Crippen molar-refractivity contribution in [2.24, 2.45) is 0 Å². The summed E-state index contributed by atoms with van der Waals surface area (Å²) in [5.74, 6) is -0.184. The van der Waals surface area contributed by atoms with Gasteiger partial charge in [0.1, 0.15) is 0 Å². The molecular weight excluding hydrogens is 332 g/mol. The number of nitrogens with one attached hydrogen (secondary N) is 1. The lowest BCUT2D eigenvalue weighted by atomic mass is 10.1. The van der Waals surface area contributed by atoms with Crippen LogP contribution < -0.4 is 5.32 Å². The molecule has 25 heavy (non-hydrogen) atoms. The Morgan fingerprint density at radius 3 is 2.48 bits per heavy atom. The van der Waals surface area contributed by atoms with Crippen molar-refractivity contribution in [1.82, 2.24) is 4.90 Å². The number of fused-ring (bicyclic) bond motifs is 1. The molecule has 2 aromatic carbocycles. The van der Waals surface area contributed by atoms with Crippen molar-refractivity contribution in [3.8, 4) is 0 Å². The molecule has 1 N–H and O–H groups in total. The van der Waals surface area contributed by atoms with Crippen molar-refractivity contribution >= 4 is 38.9 Å². The van der Waals surface area contributed by atoms with E-state index in [9.17, 15) is 9.59 Å². The van der Waals surface area contributed by atoms with Gasteiger partial charge >= 0.3 is 0 Å². The highest BCUT2D eigenvalue weighted by Crippen LogP contribution is 2.26. The fourth-order valence-electron chi connectivity index (χ4n) is 2.71. The Morgan fingerprint density at radius 1 is 1.00 bits per heavy atom. The highest BCUT2D eigenvalue weighted by molar-refractivity contribution is 7.20. The van der Waals surface area contributed by atoms with E-state index in [1.54, 1.807) is 29.2 Å². The lowest BCUT2D eigenvalue weighted by molar-refractivity contribution is 0.0772. The van der Waals surface area contributed by atoms with Crippen LogP contribution in [0.2, 0.25) is 0 Å². The fraction of sp³-hybridized carbons (Fsp3) is 0.200. The Labute approximate surface area is 151 Å². The summed E-state index contributed by atoms with van der Waals surface area (Å²) in [5, 5.41) is 3.95. The maximum absolute atomic E-state index is 12.5. The van der Waals surface area contributed by atoms with Crippen molar-refractivity contribution in [3.05, 3.63) is 65.0 Å². The smallest absolute Gasteiger partial charge is 0.265 e. The van der Waals surface area contributed by atoms with Gasteiger partial charge in [-0.05, 0) is 49.6 Å². The lowest BCUT2D eigenvalue weighted by Crippen LogP contribution is -2.30. The van der Waals surface area contributed by atoms with Crippen LogP contribution in [0.3, 0.4) is 0 Å². The molecule has 0 fully saturated rings. The van der Waals surface area contributed by atoms with Crippen LogP contribution >= 0.6 is 11.3 Å². The maximum Gasteiger partial charge on any atom is 0.265 e. The van der Waals surface area contributed by atoms with Crippen molar-refractivity contribution < 1.29 is 9.59 Å². The third kappa shape index (κ3) is 3.72. The minimum atomic E-state index is -0.159. The minimum Gasteiger partial charge on any atom is -0.339 e. The molecule has 0 atom stereocenters. The van der Waals surface area contributed by atoms with E-state index in [2.05, 4.69) is 5.32 Å². The second kappa shape index (κ2) is 7.49. The van der Waals surface area contributed by atoms with Crippen molar-refractivity contribution in [3.63, 3.8) is 0 Å². The van der Waals surface area contributed by atoms with E-state index in [0.29, 0.717) is 29.2 Å². The molecule has 0 unspecified atom stereocenters. The van der Waals surface area contributed by atoms with Gasteiger partial charge in [0.2, 0.25) is 0 Å². The quantitative estimate of drug-likeness (QED) is 0.727. The topological polar surface area (TPSA) is 49.4 Å². The summed E-state index contributed by atoms with van der Waals surface area (Å²) >= 11 is 1.46. The van der Waals surface area contributed by atoms with Crippen LogP contribution in [0.15, 0.2) is 54.6 Å². The van der Waals surface area contributed by atoms with Gasteiger partial charge in [-0.15, -0.1) is 11.3 Å². The highest BCUT2D eigenvalue weighted by Gasteiger charge is 2.14. The molecule has 3 rings (SSSR count). The van der Waals surface area contributed by atoms with E-state index in [0.717, 1.165) is 10.1 Å². The van der Waals surface area contributed by atoms with Crippen LogP contribution in [0.4, 0.5) is 5.69 Å². The third-order valence-electron chi connectivity index (χ3n) is 4.07. The van der Waals surface area contributed by atoms with E-state index < -0.39 is 0 Å². The van der Waals surface area contributed by atoms with Gasteiger partial charge in [0.25, 0.3) is 11.8 Å². The van der Waals surface area contributed by atoms with Crippen LogP contribution in [0.25, 0.3) is 10.1 Å². The number of nitrogens with zero attached hydrogens (tertiary/aromatic N) is 1. The molecule has 0 saturated carbocycles.